The minimum Gasteiger partial charge on any atom is -0.478 e. The molecule has 0 aromatic carbocycles. The number of carboxylic acid groups (broad SMARTS) is 1. The maximum atomic E-state index is 11.3. The van der Waals surface area contributed by atoms with Gasteiger partial charge in [0.05, 0.1) is 24.1 Å². The number of carbonyl (C=O) groups is 1. The Morgan fingerprint density at radius 3 is 2.68 bits per heavy atom. The highest BCUT2D eigenvalue weighted by atomic mass is 16.5. The van der Waals surface area contributed by atoms with E-state index < -0.39 is 5.97 Å². The maximum absolute atomic E-state index is 11.3. The van der Waals surface area contributed by atoms with Crippen LogP contribution in [0.4, 0.5) is 5.69 Å². The summed E-state index contributed by atoms with van der Waals surface area (Å²) >= 11 is 0. The van der Waals surface area contributed by atoms with Crippen molar-refractivity contribution in [2.24, 2.45) is 0 Å². The highest BCUT2D eigenvalue weighted by Gasteiger charge is 2.21. The van der Waals surface area contributed by atoms with Gasteiger partial charge in [-0.25, -0.2) is 4.79 Å². The molecule has 0 spiro atoms. The Morgan fingerprint density at radius 2 is 2.16 bits per heavy atom. The Kier molecular flexibility index (Phi) is 6.29. The second-order valence-corrected chi connectivity index (χ2v) is 4.35. The van der Waals surface area contributed by atoms with Crippen molar-refractivity contribution in [2.45, 2.75) is 32.7 Å². The zero-order valence-corrected chi connectivity index (χ0v) is 11.8. The highest BCUT2D eigenvalue weighted by Crippen LogP contribution is 2.23. The standard InChI is InChI=1S/C14H22N2O3/c1-4-11(5-2)16(8-9-19-3)13-10-15-7-6-12(13)14(17)18/h6-7,10-11H,4-5,8-9H2,1-3H3,(H,17,18). The van der Waals surface area contributed by atoms with Crippen molar-refractivity contribution in [3.8, 4) is 0 Å². The van der Waals surface area contributed by atoms with Crippen molar-refractivity contribution in [2.75, 3.05) is 25.2 Å². The smallest absolute Gasteiger partial charge is 0.337 e. The molecule has 0 radical (unpaired) electrons. The summed E-state index contributed by atoms with van der Waals surface area (Å²) in [4.78, 5) is 17.5. The third-order valence-corrected chi connectivity index (χ3v) is 3.26. The maximum Gasteiger partial charge on any atom is 0.337 e. The van der Waals surface area contributed by atoms with Crippen LogP contribution >= 0.6 is 0 Å². The Labute approximate surface area is 114 Å². The van der Waals surface area contributed by atoms with Crippen molar-refractivity contribution in [1.29, 1.82) is 0 Å². The molecule has 1 heterocycles. The van der Waals surface area contributed by atoms with Gasteiger partial charge in [-0.3, -0.25) is 4.98 Å². The summed E-state index contributed by atoms with van der Waals surface area (Å²) in [5, 5.41) is 9.28. The second-order valence-electron chi connectivity index (χ2n) is 4.35. The van der Waals surface area contributed by atoms with E-state index in [4.69, 9.17) is 4.74 Å². The molecule has 0 aliphatic rings. The van der Waals surface area contributed by atoms with Crippen molar-refractivity contribution in [3.05, 3.63) is 24.0 Å². The molecule has 1 N–H and O–H groups in total. The minimum absolute atomic E-state index is 0.289. The first-order valence-electron chi connectivity index (χ1n) is 6.58. The van der Waals surface area contributed by atoms with Gasteiger partial charge in [0.25, 0.3) is 0 Å². The van der Waals surface area contributed by atoms with Gasteiger partial charge in [-0.2, -0.15) is 0 Å². The number of methoxy groups -OCH3 is 1. The summed E-state index contributed by atoms with van der Waals surface area (Å²) in [6.07, 6.45) is 5.04. The van der Waals surface area contributed by atoms with Gasteiger partial charge in [0.1, 0.15) is 0 Å². The normalized spacial score (nSPS) is 10.7. The first-order valence-corrected chi connectivity index (χ1v) is 6.58. The summed E-state index contributed by atoms with van der Waals surface area (Å²) in [5.74, 6) is -0.925. The van der Waals surface area contributed by atoms with Gasteiger partial charge < -0.3 is 14.7 Å². The van der Waals surface area contributed by atoms with Gasteiger partial charge in [0.2, 0.25) is 0 Å². The van der Waals surface area contributed by atoms with Gasteiger partial charge in [-0.15, -0.1) is 0 Å². The van der Waals surface area contributed by atoms with Crippen LogP contribution in [0.15, 0.2) is 18.5 Å². The van der Waals surface area contributed by atoms with Gasteiger partial charge in [0, 0.05) is 25.9 Å². The summed E-state index contributed by atoms with van der Waals surface area (Å²) in [7, 11) is 1.65. The fourth-order valence-corrected chi connectivity index (χ4v) is 2.21. The van der Waals surface area contributed by atoms with Crippen LogP contribution in [0, 0.1) is 0 Å². The Bertz CT molecular complexity index is 405. The molecule has 5 heteroatoms. The number of carboxylic acids is 1. The lowest BCUT2D eigenvalue weighted by Crippen LogP contribution is -2.38. The third kappa shape index (κ3) is 3.92. The van der Waals surface area contributed by atoms with Gasteiger partial charge in [-0.1, -0.05) is 13.8 Å². The molecule has 0 saturated carbocycles. The van der Waals surface area contributed by atoms with Crippen LogP contribution in [-0.2, 0) is 4.74 Å². The van der Waals surface area contributed by atoms with E-state index >= 15 is 0 Å². The molecule has 0 aliphatic heterocycles. The largest absolute Gasteiger partial charge is 0.478 e. The van der Waals surface area contributed by atoms with Crippen molar-refractivity contribution in [1.82, 2.24) is 4.98 Å². The van der Waals surface area contributed by atoms with E-state index in [1.807, 2.05) is 0 Å². The first-order chi connectivity index (χ1) is 9.15. The van der Waals surface area contributed by atoms with Crippen LogP contribution in [-0.4, -0.2) is 42.4 Å². The van der Waals surface area contributed by atoms with Gasteiger partial charge in [-0.05, 0) is 18.9 Å². The van der Waals surface area contributed by atoms with Crippen molar-refractivity contribution < 1.29 is 14.6 Å². The number of rotatable bonds is 8. The number of hydrogen-bond acceptors (Lipinski definition) is 4. The van der Waals surface area contributed by atoms with E-state index in [0.29, 0.717) is 18.8 Å². The lowest BCUT2D eigenvalue weighted by Gasteiger charge is -2.33. The van der Waals surface area contributed by atoms with E-state index in [1.54, 1.807) is 19.4 Å². The number of nitrogens with zero attached hydrogens (tertiary/aromatic N) is 2. The lowest BCUT2D eigenvalue weighted by molar-refractivity contribution is 0.0697. The molecular weight excluding hydrogens is 244 g/mol. The van der Waals surface area contributed by atoms with Crippen molar-refractivity contribution >= 4 is 11.7 Å². The fourth-order valence-electron chi connectivity index (χ4n) is 2.21. The molecule has 0 amide bonds. The predicted octanol–water partition coefficient (Wildman–Crippen LogP) is 2.42. The summed E-state index contributed by atoms with van der Waals surface area (Å²) in [6, 6.07) is 1.83. The molecule has 0 unspecified atom stereocenters. The lowest BCUT2D eigenvalue weighted by atomic mass is 10.1. The van der Waals surface area contributed by atoms with E-state index in [0.717, 1.165) is 12.8 Å². The van der Waals surface area contributed by atoms with Crippen LogP contribution in [0.2, 0.25) is 0 Å². The molecule has 1 aromatic heterocycles. The Morgan fingerprint density at radius 1 is 1.47 bits per heavy atom. The number of pyridine rings is 1. The topological polar surface area (TPSA) is 62.7 Å². The van der Waals surface area contributed by atoms with Crippen LogP contribution in [0.3, 0.4) is 0 Å². The number of ether oxygens (including phenoxy) is 1. The van der Waals surface area contributed by atoms with E-state index in [9.17, 15) is 9.90 Å². The first kappa shape index (κ1) is 15.4. The summed E-state index contributed by atoms with van der Waals surface area (Å²) in [5.41, 5.74) is 0.957. The zero-order chi connectivity index (χ0) is 14.3. The average Bonchev–Trinajstić information content (AvgIpc) is 2.43. The molecule has 1 aromatic rings. The number of hydrogen-bond donors (Lipinski definition) is 1. The molecule has 0 fully saturated rings. The molecule has 0 aliphatic carbocycles. The van der Waals surface area contributed by atoms with Crippen LogP contribution in [0.25, 0.3) is 0 Å². The van der Waals surface area contributed by atoms with Crippen LogP contribution < -0.4 is 4.90 Å². The van der Waals surface area contributed by atoms with E-state index in [-0.39, 0.29) is 11.6 Å². The summed E-state index contributed by atoms with van der Waals surface area (Å²) in [6.45, 7) is 5.43. The van der Waals surface area contributed by atoms with Gasteiger partial charge in [0.15, 0.2) is 0 Å². The molecule has 106 valence electrons. The fraction of sp³-hybridized carbons (Fsp3) is 0.571. The molecule has 0 bridgehead atoms. The minimum atomic E-state index is -0.925. The van der Waals surface area contributed by atoms with Gasteiger partial charge >= 0.3 is 5.97 Å². The third-order valence-electron chi connectivity index (χ3n) is 3.26. The summed E-state index contributed by atoms with van der Waals surface area (Å²) < 4.78 is 5.12. The molecule has 1 rings (SSSR count). The Balaban J connectivity index is 3.12. The molecule has 0 atom stereocenters. The molecule has 0 saturated heterocycles. The molecule has 5 nitrogen and oxygen atoms in total. The number of anilines is 1. The van der Waals surface area contributed by atoms with E-state index in [1.165, 1.54) is 6.20 Å². The van der Waals surface area contributed by atoms with E-state index in [2.05, 4.69) is 23.7 Å². The molecular formula is C14H22N2O3. The van der Waals surface area contributed by atoms with Crippen molar-refractivity contribution in [3.63, 3.8) is 0 Å². The number of aromatic nitrogens is 1. The highest BCUT2D eigenvalue weighted by molar-refractivity contribution is 5.94. The van der Waals surface area contributed by atoms with Crippen LogP contribution in [0.5, 0.6) is 0 Å². The number of aromatic carboxylic acids is 1. The van der Waals surface area contributed by atoms with Crippen LogP contribution in [0.1, 0.15) is 37.0 Å². The predicted molar refractivity (Wildman–Crippen MR) is 74.8 cm³/mol. The Hall–Kier alpha value is -1.62. The molecule has 19 heavy (non-hydrogen) atoms. The quantitative estimate of drug-likeness (QED) is 0.783. The average molecular weight is 266 g/mol. The monoisotopic (exact) mass is 266 g/mol. The SMILES string of the molecule is CCC(CC)N(CCOC)c1cnccc1C(=O)O. The zero-order valence-electron chi connectivity index (χ0n) is 11.8. The second kappa shape index (κ2) is 7.74.